The molecule has 2 heteroatoms. The summed E-state index contributed by atoms with van der Waals surface area (Å²) in [4.78, 5) is 0. The third-order valence-corrected chi connectivity index (χ3v) is 3.91. The molecule has 1 saturated carbocycles. The van der Waals surface area contributed by atoms with Crippen LogP contribution in [0.3, 0.4) is 0 Å². The highest BCUT2D eigenvalue weighted by Crippen LogP contribution is 2.45. The van der Waals surface area contributed by atoms with Crippen molar-refractivity contribution in [2.24, 2.45) is 11.3 Å². The van der Waals surface area contributed by atoms with E-state index in [1.807, 2.05) is 0 Å². The van der Waals surface area contributed by atoms with Crippen LogP contribution < -0.4 is 5.32 Å². The van der Waals surface area contributed by atoms with E-state index in [2.05, 4.69) is 17.9 Å². The SMILES string of the molecule is SCC1CCC2(CCNC2)C1. The van der Waals surface area contributed by atoms with Gasteiger partial charge < -0.3 is 5.32 Å². The maximum Gasteiger partial charge on any atom is 0.000840 e. The molecule has 0 amide bonds. The third kappa shape index (κ3) is 1.43. The molecule has 1 spiro atoms. The first-order valence-electron chi connectivity index (χ1n) is 4.66. The molecule has 2 aliphatic rings. The third-order valence-electron chi connectivity index (χ3n) is 3.39. The van der Waals surface area contributed by atoms with Crippen molar-refractivity contribution in [1.29, 1.82) is 0 Å². The van der Waals surface area contributed by atoms with Gasteiger partial charge in [0.05, 0.1) is 0 Å². The molecular formula is C9H17NS. The number of hydrogen-bond donors (Lipinski definition) is 2. The average Bonchev–Trinajstić information content (AvgIpc) is 2.62. The van der Waals surface area contributed by atoms with Gasteiger partial charge >= 0.3 is 0 Å². The van der Waals surface area contributed by atoms with Gasteiger partial charge in [-0.2, -0.15) is 12.6 Å². The van der Waals surface area contributed by atoms with E-state index in [4.69, 9.17) is 0 Å². The van der Waals surface area contributed by atoms with Crippen molar-refractivity contribution in [3.05, 3.63) is 0 Å². The second-order valence-corrected chi connectivity index (χ2v) is 4.58. The standard InChI is InChI=1S/C9H17NS/c11-6-8-1-2-9(5-8)3-4-10-7-9/h8,10-11H,1-7H2. The number of rotatable bonds is 1. The van der Waals surface area contributed by atoms with Gasteiger partial charge in [0.15, 0.2) is 0 Å². The molecule has 2 rings (SSSR count). The molecule has 1 saturated heterocycles. The Morgan fingerprint density at radius 2 is 2.36 bits per heavy atom. The van der Waals surface area contributed by atoms with Crippen LogP contribution in [0.25, 0.3) is 0 Å². The van der Waals surface area contributed by atoms with Gasteiger partial charge in [0.1, 0.15) is 0 Å². The van der Waals surface area contributed by atoms with Crippen LogP contribution >= 0.6 is 12.6 Å². The Hall–Kier alpha value is 0.310. The normalized spacial score (nSPS) is 43.9. The first-order chi connectivity index (χ1) is 5.35. The Labute approximate surface area is 74.4 Å². The number of thiol groups is 1. The summed E-state index contributed by atoms with van der Waals surface area (Å²) >= 11 is 4.37. The molecule has 2 fully saturated rings. The summed E-state index contributed by atoms with van der Waals surface area (Å²) in [6.45, 7) is 2.52. The first kappa shape index (κ1) is 7.93. The highest BCUT2D eigenvalue weighted by atomic mass is 32.1. The van der Waals surface area contributed by atoms with E-state index in [0.717, 1.165) is 11.7 Å². The lowest BCUT2D eigenvalue weighted by Gasteiger charge is -2.21. The molecule has 1 nitrogen and oxygen atoms in total. The predicted molar refractivity (Wildman–Crippen MR) is 51.1 cm³/mol. The Kier molecular flexibility index (Phi) is 2.15. The Morgan fingerprint density at radius 3 is 2.91 bits per heavy atom. The molecular weight excluding hydrogens is 154 g/mol. The smallest absolute Gasteiger partial charge is 0.000840 e. The monoisotopic (exact) mass is 171 g/mol. The molecule has 0 aromatic carbocycles. The molecule has 11 heavy (non-hydrogen) atoms. The zero-order chi connectivity index (χ0) is 7.73. The van der Waals surface area contributed by atoms with Crippen molar-refractivity contribution >= 4 is 12.6 Å². The fraction of sp³-hybridized carbons (Fsp3) is 1.00. The average molecular weight is 171 g/mol. The summed E-state index contributed by atoms with van der Waals surface area (Å²) in [5.41, 5.74) is 0.702. The molecule has 64 valence electrons. The largest absolute Gasteiger partial charge is 0.316 e. The summed E-state index contributed by atoms with van der Waals surface area (Å²) in [6, 6.07) is 0. The zero-order valence-electron chi connectivity index (χ0n) is 6.97. The lowest BCUT2D eigenvalue weighted by Crippen LogP contribution is -2.20. The minimum absolute atomic E-state index is 0.702. The van der Waals surface area contributed by atoms with Crippen molar-refractivity contribution < 1.29 is 0 Å². The van der Waals surface area contributed by atoms with Crippen LogP contribution in [0.4, 0.5) is 0 Å². The highest BCUT2D eigenvalue weighted by Gasteiger charge is 2.40. The number of hydrogen-bond acceptors (Lipinski definition) is 2. The molecule has 1 aliphatic heterocycles. The topological polar surface area (TPSA) is 12.0 Å². The van der Waals surface area contributed by atoms with E-state index in [0.29, 0.717) is 5.41 Å². The van der Waals surface area contributed by atoms with E-state index in [-0.39, 0.29) is 0 Å². The molecule has 0 aromatic heterocycles. The van der Waals surface area contributed by atoms with Crippen LogP contribution in [0.2, 0.25) is 0 Å². The lowest BCUT2D eigenvalue weighted by atomic mass is 9.85. The maximum atomic E-state index is 4.37. The van der Waals surface area contributed by atoms with Crippen molar-refractivity contribution in [1.82, 2.24) is 5.32 Å². The van der Waals surface area contributed by atoms with Gasteiger partial charge in [-0.3, -0.25) is 0 Å². The molecule has 0 radical (unpaired) electrons. The lowest BCUT2D eigenvalue weighted by molar-refractivity contribution is 0.325. The summed E-state index contributed by atoms with van der Waals surface area (Å²) in [5.74, 6) is 2.01. The number of nitrogens with one attached hydrogen (secondary N) is 1. The van der Waals surface area contributed by atoms with Crippen molar-refractivity contribution in [2.75, 3.05) is 18.8 Å². The van der Waals surface area contributed by atoms with Crippen LogP contribution in [0, 0.1) is 11.3 Å². The first-order valence-corrected chi connectivity index (χ1v) is 5.29. The van der Waals surface area contributed by atoms with Gasteiger partial charge in [0.2, 0.25) is 0 Å². The molecule has 0 aromatic rings. The molecule has 1 N–H and O–H groups in total. The van der Waals surface area contributed by atoms with Crippen molar-refractivity contribution in [3.63, 3.8) is 0 Å². The van der Waals surface area contributed by atoms with E-state index in [1.165, 1.54) is 38.8 Å². The van der Waals surface area contributed by atoms with Gasteiger partial charge in [0.25, 0.3) is 0 Å². The molecule has 2 unspecified atom stereocenters. The van der Waals surface area contributed by atoms with Crippen LogP contribution in [0.5, 0.6) is 0 Å². The van der Waals surface area contributed by atoms with Gasteiger partial charge in [-0.15, -0.1) is 0 Å². The predicted octanol–water partition coefficient (Wildman–Crippen LogP) is 1.70. The van der Waals surface area contributed by atoms with E-state index < -0.39 is 0 Å². The second-order valence-electron chi connectivity index (χ2n) is 4.22. The Balaban J connectivity index is 1.96. The van der Waals surface area contributed by atoms with Crippen molar-refractivity contribution in [2.45, 2.75) is 25.7 Å². The fourth-order valence-corrected chi connectivity index (χ4v) is 2.98. The molecule has 0 bridgehead atoms. The Morgan fingerprint density at radius 1 is 1.45 bits per heavy atom. The van der Waals surface area contributed by atoms with E-state index >= 15 is 0 Å². The zero-order valence-corrected chi connectivity index (χ0v) is 7.87. The summed E-state index contributed by atoms with van der Waals surface area (Å²) < 4.78 is 0. The van der Waals surface area contributed by atoms with Crippen molar-refractivity contribution in [3.8, 4) is 0 Å². The van der Waals surface area contributed by atoms with E-state index in [9.17, 15) is 0 Å². The van der Waals surface area contributed by atoms with Gasteiger partial charge in [-0.1, -0.05) is 0 Å². The Bertz CT molecular complexity index is 140. The van der Waals surface area contributed by atoms with Gasteiger partial charge in [-0.05, 0) is 49.3 Å². The minimum Gasteiger partial charge on any atom is -0.316 e. The maximum absolute atomic E-state index is 4.37. The minimum atomic E-state index is 0.702. The van der Waals surface area contributed by atoms with Crippen LogP contribution in [-0.4, -0.2) is 18.8 Å². The van der Waals surface area contributed by atoms with Crippen LogP contribution in [-0.2, 0) is 0 Å². The van der Waals surface area contributed by atoms with E-state index in [1.54, 1.807) is 0 Å². The highest BCUT2D eigenvalue weighted by molar-refractivity contribution is 7.80. The van der Waals surface area contributed by atoms with Crippen LogP contribution in [0.1, 0.15) is 25.7 Å². The summed E-state index contributed by atoms with van der Waals surface area (Å²) in [5, 5.41) is 3.47. The second kappa shape index (κ2) is 2.98. The van der Waals surface area contributed by atoms with Gasteiger partial charge in [0, 0.05) is 6.54 Å². The van der Waals surface area contributed by atoms with Crippen LogP contribution in [0.15, 0.2) is 0 Å². The molecule has 1 heterocycles. The quantitative estimate of drug-likeness (QED) is 0.572. The molecule has 2 atom stereocenters. The fourth-order valence-electron chi connectivity index (χ4n) is 2.67. The molecule has 1 aliphatic carbocycles. The summed E-state index contributed by atoms with van der Waals surface area (Å²) in [7, 11) is 0. The summed E-state index contributed by atoms with van der Waals surface area (Å²) in [6.07, 6.45) is 5.72. The van der Waals surface area contributed by atoms with Gasteiger partial charge in [-0.25, -0.2) is 0 Å².